The summed E-state index contributed by atoms with van der Waals surface area (Å²) in [4.78, 5) is 38.1. The summed E-state index contributed by atoms with van der Waals surface area (Å²) in [6.45, 7) is 6.29. The highest BCUT2D eigenvalue weighted by Crippen LogP contribution is 2.14. The average molecular weight is 941 g/mol. The zero-order chi connectivity index (χ0) is 49.3. The van der Waals surface area contributed by atoms with Crippen LogP contribution in [-0.2, 0) is 28.6 Å². The molecule has 0 aromatic heterocycles. The van der Waals surface area contributed by atoms with Gasteiger partial charge in [-0.1, -0.05) is 239 Å². The maximum atomic E-state index is 12.8. The molecule has 0 saturated carbocycles. The molecule has 0 aromatic carbocycles. The molecule has 0 fully saturated rings. The van der Waals surface area contributed by atoms with Gasteiger partial charge in [-0.3, -0.25) is 14.4 Å². The fourth-order valence-corrected chi connectivity index (χ4v) is 7.20. The van der Waals surface area contributed by atoms with E-state index < -0.39 is 12.1 Å². The lowest BCUT2D eigenvalue weighted by Crippen LogP contribution is -2.30. The van der Waals surface area contributed by atoms with Gasteiger partial charge in [0, 0.05) is 19.3 Å². The molecule has 0 amide bonds. The van der Waals surface area contributed by atoms with Gasteiger partial charge >= 0.3 is 17.9 Å². The second-order valence-electron chi connectivity index (χ2n) is 17.8. The van der Waals surface area contributed by atoms with Crippen molar-refractivity contribution in [2.75, 3.05) is 13.2 Å². The molecule has 0 aliphatic rings. The second kappa shape index (κ2) is 55.4. The van der Waals surface area contributed by atoms with Gasteiger partial charge in [0.25, 0.3) is 0 Å². The van der Waals surface area contributed by atoms with Crippen molar-refractivity contribution >= 4 is 17.9 Å². The molecule has 0 spiro atoms. The molecular weight excluding hydrogens is 841 g/mol. The van der Waals surface area contributed by atoms with Crippen LogP contribution in [0, 0.1) is 0 Å². The molecule has 384 valence electrons. The average Bonchev–Trinajstić information content (AvgIpc) is 3.34. The topological polar surface area (TPSA) is 78.9 Å². The molecule has 0 aromatic rings. The SMILES string of the molecule is CC\C=C/C=C\C=C/C=C\CCCCCCCC(=O)OCC(COC(=O)CCCCCCCCC/C=C\CCCCCCCCCC)OC(=O)CC/C=C\C/C=C\C/C=C\C/C=C\C/C=C\CC. The van der Waals surface area contributed by atoms with Crippen LogP contribution in [0.25, 0.3) is 0 Å². The van der Waals surface area contributed by atoms with E-state index in [1.165, 1.54) is 89.9 Å². The molecule has 6 nitrogen and oxygen atoms in total. The molecule has 0 bridgehead atoms. The van der Waals surface area contributed by atoms with Crippen molar-refractivity contribution in [2.45, 2.75) is 239 Å². The smallest absolute Gasteiger partial charge is 0.306 e. The van der Waals surface area contributed by atoms with Crippen molar-refractivity contribution in [3.05, 3.63) is 122 Å². The number of hydrogen-bond donors (Lipinski definition) is 0. The van der Waals surface area contributed by atoms with Crippen LogP contribution in [0.15, 0.2) is 122 Å². The van der Waals surface area contributed by atoms with E-state index in [2.05, 4.69) is 106 Å². The largest absolute Gasteiger partial charge is 0.462 e. The molecule has 0 heterocycles. The normalized spacial score (nSPS) is 13.0. The zero-order valence-corrected chi connectivity index (χ0v) is 43.8. The van der Waals surface area contributed by atoms with Crippen molar-refractivity contribution < 1.29 is 28.6 Å². The van der Waals surface area contributed by atoms with Gasteiger partial charge < -0.3 is 14.2 Å². The van der Waals surface area contributed by atoms with Crippen LogP contribution in [-0.4, -0.2) is 37.2 Å². The molecule has 0 radical (unpaired) electrons. The third kappa shape index (κ3) is 52.8. The zero-order valence-electron chi connectivity index (χ0n) is 43.8. The van der Waals surface area contributed by atoms with Crippen LogP contribution in [0.3, 0.4) is 0 Å². The van der Waals surface area contributed by atoms with E-state index in [1.54, 1.807) is 0 Å². The first-order valence-corrected chi connectivity index (χ1v) is 27.6. The number of carbonyl (C=O) groups excluding carboxylic acids is 3. The standard InChI is InChI=1S/C62H100O6/c1-4-7-10-13-16-19-22-25-28-30-31-32-35-37-40-43-46-49-52-55-61(64)67-58-59(57-66-60(63)54-51-48-45-42-39-36-33-27-24-21-18-15-12-9-6-3)68-62(65)56-53-50-47-44-41-38-34-29-26-23-20-17-14-11-8-5-2/h8-9,11-12,15,17-18,20-21,24,26-27,29-31,33,38,41,47,50,59H,4-7,10,13-14,16,19,22-23,25,28,32,34-37,39-40,42-46,48-49,51-58H2,1-3H3/b11-8-,12-9-,18-15-,20-17-,24-21-,29-26-,31-30-,33-27-,41-38-,50-47-. The molecule has 0 rings (SSSR count). The van der Waals surface area contributed by atoms with Crippen molar-refractivity contribution in [3.8, 4) is 0 Å². The molecule has 1 atom stereocenters. The van der Waals surface area contributed by atoms with Gasteiger partial charge in [0.1, 0.15) is 13.2 Å². The summed E-state index contributed by atoms with van der Waals surface area (Å²) >= 11 is 0. The Hall–Kier alpha value is -4.19. The van der Waals surface area contributed by atoms with E-state index >= 15 is 0 Å². The maximum absolute atomic E-state index is 12.8. The minimum atomic E-state index is -0.833. The molecule has 0 saturated heterocycles. The van der Waals surface area contributed by atoms with Crippen LogP contribution in [0.5, 0.6) is 0 Å². The lowest BCUT2D eigenvalue weighted by atomic mass is 10.1. The quantitative estimate of drug-likeness (QED) is 0.0199. The molecule has 68 heavy (non-hydrogen) atoms. The Labute approximate surface area is 418 Å². The lowest BCUT2D eigenvalue weighted by molar-refractivity contribution is -0.166. The Morgan fingerprint density at radius 2 is 0.676 bits per heavy atom. The number of rotatable bonds is 48. The first-order valence-electron chi connectivity index (χ1n) is 27.6. The summed E-state index contributed by atoms with van der Waals surface area (Å²) in [7, 11) is 0. The van der Waals surface area contributed by atoms with Crippen LogP contribution < -0.4 is 0 Å². The third-order valence-corrected chi connectivity index (χ3v) is 11.3. The van der Waals surface area contributed by atoms with Gasteiger partial charge in [-0.25, -0.2) is 0 Å². The Bertz CT molecular complexity index is 1450. The van der Waals surface area contributed by atoms with Crippen molar-refractivity contribution in [1.29, 1.82) is 0 Å². The van der Waals surface area contributed by atoms with E-state index in [9.17, 15) is 14.4 Å². The van der Waals surface area contributed by atoms with Crippen LogP contribution in [0.1, 0.15) is 233 Å². The maximum Gasteiger partial charge on any atom is 0.306 e. The summed E-state index contributed by atoms with van der Waals surface area (Å²) in [5, 5.41) is 0. The highest BCUT2D eigenvalue weighted by Gasteiger charge is 2.19. The van der Waals surface area contributed by atoms with Gasteiger partial charge in [0.2, 0.25) is 0 Å². The van der Waals surface area contributed by atoms with Crippen LogP contribution in [0.2, 0.25) is 0 Å². The van der Waals surface area contributed by atoms with Crippen molar-refractivity contribution in [1.82, 2.24) is 0 Å². The molecule has 0 aliphatic heterocycles. The number of esters is 3. The summed E-state index contributed by atoms with van der Waals surface area (Å²) in [6, 6.07) is 0. The molecule has 0 aliphatic carbocycles. The van der Waals surface area contributed by atoms with Crippen LogP contribution >= 0.6 is 0 Å². The Balaban J connectivity index is 4.52. The van der Waals surface area contributed by atoms with Gasteiger partial charge in [-0.2, -0.15) is 0 Å². The minimum absolute atomic E-state index is 0.121. The van der Waals surface area contributed by atoms with Gasteiger partial charge in [-0.05, 0) is 96.3 Å². The molecule has 1 unspecified atom stereocenters. The van der Waals surface area contributed by atoms with Crippen LogP contribution in [0.4, 0.5) is 0 Å². The molecule has 6 heteroatoms. The summed E-state index contributed by atoms with van der Waals surface area (Å²) in [6.07, 6.45) is 76.3. The summed E-state index contributed by atoms with van der Waals surface area (Å²) in [5.74, 6) is -1.04. The second-order valence-corrected chi connectivity index (χ2v) is 17.8. The van der Waals surface area contributed by atoms with E-state index in [0.29, 0.717) is 19.3 Å². The number of allylic oxidation sites excluding steroid dienone is 20. The number of hydrogen-bond acceptors (Lipinski definition) is 6. The minimum Gasteiger partial charge on any atom is -0.462 e. The Morgan fingerprint density at radius 1 is 0.324 bits per heavy atom. The summed E-state index contributed by atoms with van der Waals surface area (Å²) < 4.78 is 16.7. The lowest BCUT2D eigenvalue weighted by Gasteiger charge is -2.18. The fraction of sp³-hybridized carbons (Fsp3) is 0.629. The van der Waals surface area contributed by atoms with Gasteiger partial charge in [0.15, 0.2) is 6.10 Å². The Kier molecular flexibility index (Phi) is 52.0. The Morgan fingerprint density at radius 3 is 1.13 bits per heavy atom. The monoisotopic (exact) mass is 941 g/mol. The number of unbranched alkanes of at least 4 members (excludes halogenated alkanes) is 20. The van der Waals surface area contributed by atoms with Crippen molar-refractivity contribution in [3.63, 3.8) is 0 Å². The predicted molar refractivity (Wildman–Crippen MR) is 293 cm³/mol. The first kappa shape index (κ1) is 63.8. The van der Waals surface area contributed by atoms with E-state index in [1.807, 2.05) is 36.5 Å². The highest BCUT2D eigenvalue weighted by molar-refractivity contribution is 5.71. The van der Waals surface area contributed by atoms with Crippen molar-refractivity contribution in [2.24, 2.45) is 0 Å². The number of ether oxygens (including phenoxy) is 3. The summed E-state index contributed by atoms with van der Waals surface area (Å²) in [5.41, 5.74) is 0. The van der Waals surface area contributed by atoms with E-state index in [-0.39, 0.29) is 31.6 Å². The third-order valence-electron chi connectivity index (χ3n) is 11.3. The predicted octanol–water partition coefficient (Wildman–Crippen LogP) is 18.5. The van der Waals surface area contributed by atoms with E-state index in [4.69, 9.17) is 14.2 Å². The first-order chi connectivity index (χ1) is 33.5. The number of carbonyl (C=O) groups is 3. The molecular formula is C62H100O6. The fourth-order valence-electron chi connectivity index (χ4n) is 7.20. The molecule has 0 N–H and O–H groups in total. The highest BCUT2D eigenvalue weighted by atomic mass is 16.6. The van der Waals surface area contributed by atoms with Gasteiger partial charge in [0.05, 0.1) is 0 Å². The van der Waals surface area contributed by atoms with E-state index in [0.717, 1.165) is 96.3 Å². The van der Waals surface area contributed by atoms with Gasteiger partial charge in [-0.15, -0.1) is 0 Å².